The standard InChI is InChI=1S/C11H18F3N3/c1-7(2)15-5-10-8(3)16-17(9(10)4)6-11(12,13)14/h7,15H,5-6H2,1-4H3. The van der Waals surface area contributed by atoms with Crippen molar-refractivity contribution >= 4 is 0 Å². The molecule has 0 aliphatic heterocycles. The SMILES string of the molecule is Cc1nn(CC(F)(F)F)c(C)c1CNC(C)C. The molecule has 0 spiro atoms. The monoisotopic (exact) mass is 249 g/mol. The number of hydrogen-bond donors (Lipinski definition) is 1. The minimum atomic E-state index is -4.23. The lowest BCUT2D eigenvalue weighted by molar-refractivity contribution is -0.142. The molecule has 0 atom stereocenters. The normalized spacial score (nSPS) is 12.5. The van der Waals surface area contributed by atoms with Crippen molar-refractivity contribution in [3.63, 3.8) is 0 Å². The molecule has 0 unspecified atom stereocenters. The summed E-state index contributed by atoms with van der Waals surface area (Å²) >= 11 is 0. The molecule has 17 heavy (non-hydrogen) atoms. The van der Waals surface area contributed by atoms with Crippen LogP contribution in [0.3, 0.4) is 0 Å². The molecule has 0 saturated carbocycles. The first kappa shape index (κ1) is 14.0. The summed E-state index contributed by atoms with van der Waals surface area (Å²) in [5.74, 6) is 0. The molecular weight excluding hydrogens is 231 g/mol. The Morgan fingerprint density at radius 3 is 2.35 bits per heavy atom. The fourth-order valence-corrected chi connectivity index (χ4v) is 1.62. The second-order valence-electron chi connectivity index (χ2n) is 4.46. The Kier molecular flexibility index (Phi) is 4.19. The van der Waals surface area contributed by atoms with Gasteiger partial charge in [-0.2, -0.15) is 18.3 Å². The Labute approximate surface area is 99.0 Å². The van der Waals surface area contributed by atoms with Crippen molar-refractivity contribution < 1.29 is 13.2 Å². The first-order valence-electron chi connectivity index (χ1n) is 5.53. The van der Waals surface area contributed by atoms with Crippen LogP contribution in [0.2, 0.25) is 0 Å². The van der Waals surface area contributed by atoms with Crippen LogP contribution < -0.4 is 5.32 Å². The zero-order chi connectivity index (χ0) is 13.2. The molecule has 0 aliphatic carbocycles. The summed E-state index contributed by atoms with van der Waals surface area (Å²) in [6.45, 7) is 6.91. The smallest absolute Gasteiger partial charge is 0.310 e. The van der Waals surface area contributed by atoms with E-state index in [2.05, 4.69) is 10.4 Å². The number of rotatable bonds is 4. The highest BCUT2D eigenvalue weighted by Gasteiger charge is 2.29. The van der Waals surface area contributed by atoms with E-state index < -0.39 is 12.7 Å². The van der Waals surface area contributed by atoms with Gasteiger partial charge < -0.3 is 5.32 Å². The summed E-state index contributed by atoms with van der Waals surface area (Å²) in [4.78, 5) is 0. The molecular formula is C11H18F3N3. The zero-order valence-corrected chi connectivity index (χ0v) is 10.5. The van der Waals surface area contributed by atoms with E-state index in [0.717, 1.165) is 10.2 Å². The number of aryl methyl sites for hydroxylation is 1. The average molecular weight is 249 g/mol. The van der Waals surface area contributed by atoms with Crippen LogP contribution in [0.15, 0.2) is 0 Å². The van der Waals surface area contributed by atoms with Gasteiger partial charge in [-0.1, -0.05) is 13.8 Å². The second kappa shape index (κ2) is 5.08. The molecule has 0 aromatic carbocycles. The van der Waals surface area contributed by atoms with Crippen LogP contribution in [0.25, 0.3) is 0 Å². The maximum absolute atomic E-state index is 12.3. The van der Waals surface area contributed by atoms with Crippen molar-refractivity contribution in [2.24, 2.45) is 0 Å². The molecule has 1 rings (SSSR count). The van der Waals surface area contributed by atoms with Gasteiger partial charge >= 0.3 is 6.18 Å². The minimum Gasteiger partial charge on any atom is -0.310 e. The van der Waals surface area contributed by atoms with Gasteiger partial charge in [0.2, 0.25) is 0 Å². The van der Waals surface area contributed by atoms with Crippen molar-refractivity contribution in [3.05, 3.63) is 17.0 Å². The lowest BCUT2D eigenvalue weighted by Crippen LogP contribution is -2.23. The minimum absolute atomic E-state index is 0.291. The molecule has 3 nitrogen and oxygen atoms in total. The predicted octanol–water partition coefficient (Wildman–Crippen LogP) is 2.56. The summed E-state index contributed by atoms with van der Waals surface area (Å²) in [7, 11) is 0. The molecule has 6 heteroatoms. The molecule has 1 N–H and O–H groups in total. The average Bonchev–Trinajstić information content (AvgIpc) is 2.37. The third-order valence-corrected chi connectivity index (χ3v) is 2.55. The largest absolute Gasteiger partial charge is 0.408 e. The molecule has 1 aromatic heterocycles. The quantitative estimate of drug-likeness (QED) is 0.888. The van der Waals surface area contributed by atoms with Crippen molar-refractivity contribution in [1.82, 2.24) is 15.1 Å². The number of aromatic nitrogens is 2. The molecule has 1 heterocycles. The maximum Gasteiger partial charge on any atom is 0.408 e. The number of alkyl halides is 3. The summed E-state index contributed by atoms with van der Waals surface area (Å²) in [5.41, 5.74) is 2.08. The van der Waals surface area contributed by atoms with Crippen molar-refractivity contribution in [2.75, 3.05) is 0 Å². The van der Waals surface area contributed by atoms with E-state index in [-0.39, 0.29) is 0 Å². The van der Waals surface area contributed by atoms with Gasteiger partial charge in [-0.15, -0.1) is 0 Å². The van der Waals surface area contributed by atoms with Gasteiger partial charge in [0, 0.05) is 23.8 Å². The van der Waals surface area contributed by atoms with Crippen molar-refractivity contribution in [1.29, 1.82) is 0 Å². The summed E-state index contributed by atoms with van der Waals surface area (Å²) in [6.07, 6.45) is -4.23. The lowest BCUT2D eigenvalue weighted by atomic mass is 10.2. The molecule has 1 aromatic rings. The highest BCUT2D eigenvalue weighted by molar-refractivity contribution is 5.24. The molecule has 0 saturated heterocycles. The number of nitrogens with zero attached hydrogens (tertiary/aromatic N) is 2. The highest BCUT2D eigenvalue weighted by Crippen LogP contribution is 2.20. The third kappa shape index (κ3) is 4.03. The molecule has 0 radical (unpaired) electrons. The fraction of sp³-hybridized carbons (Fsp3) is 0.727. The number of nitrogens with one attached hydrogen (secondary N) is 1. The zero-order valence-electron chi connectivity index (χ0n) is 10.5. The van der Waals surface area contributed by atoms with E-state index in [9.17, 15) is 13.2 Å². The van der Waals surface area contributed by atoms with Crippen LogP contribution in [0.5, 0.6) is 0 Å². The summed E-state index contributed by atoms with van der Waals surface area (Å²) in [5, 5.41) is 7.12. The van der Waals surface area contributed by atoms with E-state index in [4.69, 9.17) is 0 Å². The Balaban J connectivity index is 2.86. The number of hydrogen-bond acceptors (Lipinski definition) is 2. The Bertz CT molecular complexity index is 380. The maximum atomic E-state index is 12.3. The van der Waals surface area contributed by atoms with Crippen LogP contribution in [0.1, 0.15) is 30.8 Å². The van der Waals surface area contributed by atoms with Crippen LogP contribution >= 0.6 is 0 Å². The van der Waals surface area contributed by atoms with Gasteiger partial charge in [-0.25, -0.2) is 0 Å². The predicted molar refractivity (Wildman–Crippen MR) is 59.7 cm³/mol. The van der Waals surface area contributed by atoms with Crippen molar-refractivity contribution in [2.45, 2.75) is 53.0 Å². The molecule has 98 valence electrons. The first-order valence-corrected chi connectivity index (χ1v) is 5.53. The van der Waals surface area contributed by atoms with Gasteiger partial charge in [0.25, 0.3) is 0 Å². The Morgan fingerprint density at radius 1 is 1.29 bits per heavy atom. The number of halogens is 3. The fourth-order valence-electron chi connectivity index (χ4n) is 1.62. The van der Waals surface area contributed by atoms with Crippen LogP contribution in [0, 0.1) is 13.8 Å². The lowest BCUT2D eigenvalue weighted by Gasteiger charge is -2.10. The van der Waals surface area contributed by atoms with Gasteiger partial charge in [0.1, 0.15) is 6.54 Å². The van der Waals surface area contributed by atoms with E-state index in [0.29, 0.717) is 24.0 Å². The Hall–Kier alpha value is -1.04. The molecule has 0 aliphatic rings. The van der Waals surface area contributed by atoms with E-state index >= 15 is 0 Å². The molecule has 0 amide bonds. The van der Waals surface area contributed by atoms with Gasteiger partial charge in [0.15, 0.2) is 0 Å². The third-order valence-electron chi connectivity index (χ3n) is 2.55. The van der Waals surface area contributed by atoms with Crippen LogP contribution in [0.4, 0.5) is 13.2 Å². The van der Waals surface area contributed by atoms with Crippen LogP contribution in [-0.4, -0.2) is 22.0 Å². The van der Waals surface area contributed by atoms with Gasteiger partial charge in [0.05, 0.1) is 5.69 Å². The second-order valence-corrected chi connectivity index (χ2v) is 4.46. The topological polar surface area (TPSA) is 29.9 Å². The highest BCUT2D eigenvalue weighted by atomic mass is 19.4. The van der Waals surface area contributed by atoms with Gasteiger partial charge in [-0.3, -0.25) is 4.68 Å². The van der Waals surface area contributed by atoms with Crippen molar-refractivity contribution in [3.8, 4) is 0 Å². The first-order chi connectivity index (χ1) is 7.70. The molecule has 0 fully saturated rings. The molecule has 0 bridgehead atoms. The van der Waals surface area contributed by atoms with Crippen LogP contribution in [-0.2, 0) is 13.1 Å². The van der Waals surface area contributed by atoms with Gasteiger partial charge in [-0.05, 0) is 13.8 Å². The summed E-state index contributed by atoms with van der Waals surface area (Å²) < 4.78 is 37.9. The van der Waals surface area contributed by atoms with E-state index in [1.807, 2.05) is 13.8 Å². The Morgan fingerprint density at radius 2 is 1.88 bits per heavy atom. The van der Waals surface area contributed by atoms with E-state index in [1.165, 1.54) is 0 Å². The van der Waals surface area contributed by atoms with E-state index in [1.54, 1.807) is 13.8 Å². The summed E-state index contributed by atoms with van der Waals surface area (Å²) in [6, 6.07) is 0.291.